The van der Waals surface area contributed by atoms with Gasteiger partial charge in [0, 0.05) is 19.3 Å². The van der Waals surface area contributed by atoms with Crippen molar-refractivity contribution in [3.8, 4) is 5.75 Å². The summed E-state index contributed by atoms with van der Waals surface area (Å²) in [5, 5.41) is 2.83. The minimum absolute atomic E-state index is 0.0614. The van der Waals surface area contributed by atoms with E-state index in [0.29, 0.717) is 6.04 Å². The van der Waals surface area contributed by atoms with Crippen molar-refractivity contribution in [2.24, 2.45) is 0 Å². The number of ether oxygens (including phenoxy) is 1. The van der Waals surface area contributed by atoms with E-state index < -0.39 is 0 Å². The van der Waals surface area contributed by atoms with Gasteiger partial charge in [0.05, 0.1) is 7.11 Å². The summed E-state index contributed by atoms with van der Waals surface area (Å²) >= 11 is 0. The summed E-state index contributed by atoms with van der Waals surface area (Å²) in [4.78, 5) is 16.3. The van der Waals surface area contributed by atoms with Gasteiger partial charge in [-0.2, -0.15) is 0 Å². The lowest BCUT2D eigenvalue weighted by Crippen LogP contribution is -2.47. The van der Waals surface area contributed by atoms with E-state index in [1.807, 2.05) is 42.3 Å². The molecular weight excluding hydrogens is 278 g/mol. The van der Waals surface area contributed by atoms with Gasteiger partial charge in [0.2, 0.25) is 0 Å². The summed E-state index contributed by atoms with van der Waals surface area (Å²) in [5.41, 5.74) is 0.988. The molecule has 0 saturated carbocycles. The van der Waals surface area contributed by atoms with Crippen LogP contribution < -0.4 is 10.1 Å². The van der Waals surface area contributed by atoms with Crippen LogP contribution in [0.25, 0.3) is 6.08 Å². The van der Waals surface area contributed by atoms with Gasteiger partial charge >= 0.3 is 6.03 Å². The molecule has 1 N–H and O–H groups in total. The Labute approximate surface area is 132 Å². The van der Waals surface area contributed by atoms with Gasteiger partial charge in [-0.05, 0) is 56.8 Å². The molecular formula is C17H25N3O2. The lowest BCUT2D eigenvalue weighted by molar-refractivity contribution is 0.150. The van der Waals surface area contributed by atoms with Crippen molar-refractivity contribution in [1.82, 2.24) is 15.1 Å². The zero-order chi connectivity index (χ0) is 15.9. The smallest absolute Gasteiger partial charge is 0.321 e. The second-order valence-electron chi connectivity index (χ2n) is 5.70. The summed E-state index contributed by atoms with van der Waals surface area (Å²) in [6.07, 6.45) is 5.60. The van der Waals surface area contributed by atoms with Crippen molar-refractivity contribution in [3.63, 3.8) is 0 Å². The average Bonchev–Trinajstić information content (AvgIpc) is 2.55. The van der Waals surface area contributed by atoms with Crippen LogP contribution in [0.15, 0.2) is 30.5 Å². The fourth-order valence-electron chi connectivity index (χ4n) is 2.60. The summed E-state index contributed by atoms with van der Waals surface area (Å²) in [7, 11) is 5.62. The maximum Gasteiger partial charge on any atom is 0.321 e. The number of hydrogen-bond donors (Lipinski definition) is 1. The van der Waals surface area contributed by atoms with Crippen LogP contribution in [0.5, 0.6) is 5.75 Å². The second kappa shape index (κ2) is 7.84. The Balaban J connectivity index is 1.84. The van der Waals surface area contributed by atoms with Crippen LogP contribution in [0.3, 0.4) is 0 Å². The molecule has 0 spiro atoms. The third kappa shape index (κ3) is 4.49. The number of urea groups is 1. The topological polar surface area (TPSA) is 44.8 Å². The monoisotopic (exact) mass is 303 g/mol. The number of nitrogens with one attached hydrogen (secondary N) is 1. The Morgan fingerprint density at radius 1 is 1.41 bits per heavy atom. The minimum atomic E-state index is -0.0614. The summed E-state index contributed by atoms with van der Waals surface area (Å²) in [5.74, 6) is 0.803. The first-order valence-electron chi connectivity index (χ1n) is 7.62. The maximum absolute atomic E-state index is 12.2. The molecule has 0 aliphatic carbocycles. The van der Waals surface area contributed by atoms with Gasteiger partial charge in [-0.3, -0.25) is 0 Å². The minimum Gasteiger partial charge on any atom is -0.497 e. The Bertz CT molecular complexity index is 522. The number of methoxy groups -OCH3 is 1. The standard InChI is InChI=1S/C17H25N3O2/c1-19-11-8-15(9-12-19)20(2)17(21)18-10-7-14-5-4-6-16(13-14)22-3/h4-7,10,13,15H,8-9,11-12H2,1-3H3,(H,18,21)/b10-7+. The van der Waals surface area contributed by atoms with Crippen LogP contribution in [0.2, 0.25) is 0 Å². The average molecular weight is 303 g/mol. The van der Waals surface area contributed by atoms with Crippen molar-refractivity contribution in [3.05, 3.63) is 36.0 Å². The molecule has 0 unspecified atom stereocenters. The lowest BCUT2D eigenvalue weighted by atomic mass is 10.0. The molecule has 0 radical (unpaired) electrons. The molecule has 0 bridgehead atoms. The molecule has 1 aliphatic heterocycles. The Morgan fingerprint density at radius 3 is 2.82 bits per heavy atom. The van der Waals surface area contributed by atoms with Crippen LogP contribution in [0.4, 0.5) is 4.79 Å². The molecule has 1 saturated heterocycles. The second-order valence-corrected chi connectivity index (χ2v) is 5.70. The van der Waals surface area contributed by atoms with Gasteiger partial charge in [0.1, 0.15) is 5.75 Å². The van der Waals surface area contributed by atoms with Crippen molar-refractivity contribution in [2.45, 2.75) is 18.9 Å². The van der Waals surface area contributed by atoms with Crippen molar-refractivity contribution in [2.75, 3.05) is 34.3 Å². The number of hydrogen-bond acceptors (Lipinski definition) is 3. The molecule has 0 atom stereocenters. The highest BCUT2D eigenvalue weighted by molar-refractivity contribution is 5.76. The van der Waals surface area contributed by atoms with E-state index in [4.69, 9.17) is 4.74 Å². The number of carbonyl (C=O) groups excluding carboxylic acids is 1. The third-order valence-corrected chi connectivity index (χ3v) is 4.13. The quantitative estimate of drug-likeness (QED) is 0.929. The molecule has 1 aromatic rings. The van der Waals surface area contributed by atoms with E-state index in [-0.39, 0.29) is 6.03 Å². The number of piperidine rings is 1. The Hall–Kier alpha value is -2.01. The first kappa shape index (κ1) is 16.4. The number of nitrogens with zero attached hydrogens (tertiary/aromatic N) is 2. The molecule has 0 aromatic heterocycles. The number of carbonyl (C=O) groups is 1. The summed E-state index contributed by atoms with van der Waals surface area (Å²) in [6.45, 7) is 2.09. The van der Waals surface area contributed by atoms with Gasteiger partial charge in [-0.25, -0.2) is 4.79 Å². The first-order chi connectivity index (χ1) is 10.6. The molecule has 1 aliphatic rings. The number of rotatable bonds is 4. The number of likely N-dealkylation sites (tertiary alicyclic amines) is 1. The van der Waals surface area contributed by atoms with E-state index >= 15 is 0 Å². The zero-order valence-corrected chi connectivity index (χ0v) is 13.6. The summed E-state index contributed by atoms with van der Waals surface area (Å²) < 4.78 is 5.18. The van der Waals surface area contributed by atoms with E-state index in [1.54, 1.807) is 13.3 Å². The molecule has 22 heavy (non-hydrogen) atoms. The summed E-state index contributed by atoms with van der Waals surface area (Å²) in [6, 6.07) is 7.96. The maximum atomic E-state index is 12.2. The highest BCUT2D eigenvalue weighted by atomic mass is 16.5. The fraction of sp³-hybridized carbons (Fsp3) is 0.471. The Kier molecular flexibility index (Phi) is 5.83. The Morgan fingerprint density at radius 2 is 2.14 bits per heavy atom. The molecule has 1 aromatic carbocycles. The fourth-order valence-corrected chi connectivity index (χ4v) is 2.60. The van der Waals surface area contributed by atoms with Crippen molar-refractivity contribution in [1.29, 1.82) is 0 Å². The highest BCUT2D eigenvalue weighted by Gasteiger charge is 2.23. The molecule has 1 fully saturated rings. The molecule has 5 heteroatoms. The molecule has 2 rings (SSSR count). The SMILES string of the molecule is COc1cccc(/C=C/NC(=O)N(C)C2CCN(C)CC2)c1. The van der Waals surface area contributed by atoms with Crippen LogP contribution >= 0.6 is 0 Å². The number of amides is 2. The van der Waals surface area contributed by atoms with Crippen molar-refractivity contribution < 1.29 is 9.53 Å². The predicted molar refractivity (Wildman–Crippen MR) is 88.8 cm³/mol. The molecule has 2 amide bonds. The van der Waals surface area contributed by atoms with E-state index in [9.17, 15) is 4.79 Å². The third-order valence-electron chi connectivity index (χ3n) is 4.13. The van der Waals surface area contributed by atoms with Crippen LogP contribution in [-0.2, 0) is 0 Å². The van der Waals surface area contributed by atoms with Crippen LogP contribution in [-0.4, -0.2) is 56.2 Å². The van der Waals surface area contributed by atoms with Gasteiger partial charge in [-0.1, -0.05) is 12.1 Å². The lowest BCUT2D eigenvalue weighted by Gasteiger charge is -2.34. The van der Waals surface area contributed by atoms with E-state index in [2.05, 4.69) is 17.3 Å². The normalized spacial score (nSPS) is 16.7. The van der Waals surface area contributed by atoms with Gasteiger partial charge in [0.25, 0.3) is 0 Å². The molecule has 5 nitrogen and oxygen atoms in total. The van der Waals surface area contributed by atoms with Crippen LogP contribution in [0.1, 0.15) is 18.4 Å². The van der Waals surface area contributed by atoms with Gasteiger partial charge < -0.3 is 19.9 Å². The highest BCUT2D eigenvalue weighted by Crippen LogP contribution is 2.15. The molecule has 1 heterocycles. The predicted octanol–water partition coefficient (Wildman–Crippen LogP) is 2.40. The molecule has 120 valence electrons. The van der Waals surface area contributed by atoms with Gasteiger partial charge in [0.15, 0.2) is 0 Å². The van der Waals surface area contributed by atoms with E-state index in [1.165, 1.54) is 0 Å². The zero-order valence-electron chi connectivity index (χ0n) is 13.6. The number of benzene rings is 1. The van der Waals surface area contributed by atoms with Crippen LogP contribution in [0, 0.1) is 0 Å². The van der Waals surface area contributed by atoms with E-state index in [0.717, 1.165) is 37.2 Å². The first-order valence-corrected chi connectivity index (χ1v) is 7.62. The van der Waals surface area contributed by atoms with Crippen molar-refractivity contribution >= 4 is 12.1 Å². The van der Waals surface area contributed by atoms with Gasteiger partial charge in [-0.15, -0.1) is 0 Å². The largest absolute Gasteiger partial charge is 0.497 e.